The Hall–Kier alpha value is 0.0600. The third kappa shape index (κ3) is 2.55. The minimum Gasteiger partial charge on any atom is -0.379 e. The lowest BCUT2D eigenvalue weighted by Crippen LogP contribution is -2.37. The van der Waals surface area contributed by atoms with Gasteiger partial charge in [0.05, 0.1) is 12.1 Å². The number of hydrogen-bond acceptors (Lipinski definition) is 4. The van der Waals surface area contributed by atoms with Crippen molar-refractivity contribution < 1.29 is 4.74 Å². The molecule has 1 aromatic heterocycles. The van der Waals surface area contributed by atoms with Gasteiger partial charge in [0.2, 0.25) is 0 Å². The highest BCUT2D eigenvalue weighted by Crippen LogP contribution is 2.32. The molecule has 0 aliphatic heterocycles. The molecule has 0 spiro atoms. The lowest BCUT2D eigenvalue weighted by molar-refractivity contribution is 0.0660. The van der Waals surface area contributed by atoms with Gasteiger partial charge in [-0.1, -0.05) is 6.92 Å². The highest BCUT2D eigenvalue weighted by atomic mass is 79.9. The largest absolute Gasteiger partial charge is 0.379 e. The topological polar surface area (TPSA) is 47.3 Å². The Morgan fingerprint density at radius 1 is 1.71 bits per heavy atom. The molecule has 1 heterocycles. The van der Waals surface area contributed by atoms with Gasteiger partial charge in [0.25, 0.3) is 0 Å². The Morgan fingerprint density at radius 2 is 2.43 bits per heavy atom. The van der Waals surface area contributed by atoms with Gasteiger partial charge in [-0.3, -0.25) is 5.84 Å². The molecule has 2 atom stereocenters. The second-order valence-corrected chi connectivity index (χ2v) is 4.76. The molecule has 80 valence electrons. The van der Waals surface area contributed by atoms with Crippen molar-refractivity contribution in [1.82, 2.24) is 5.43 Å². The van der Waals surface area contributed by atoms with Gasteiger partial charge in [0, 0.05) is 16.5 Å². The molecule has 0 aliphatic rings. The fraction of sp³-hybridized carbons (Fsp3) is 0.556. The Balaban J connectivity index is 2.86. The summed E-state index contributed by atoms with van der Waals surface area (Å²) in [6, 6.07) is 2.08. The van der Waals surface area contributed by atoms with E-state index in [0.717, 1.165) is 10.9 Å². The van der Waals surface area contributed by atoms with E-state index in [4.69, 9.17) is 10.6 Å². The first-order chi connectivity index (χ1) is 6.74. The van der Waals surface area contributed by atoms with Gasteiger partial charge in [0.15, 0.2) is 0 Å². The summed E-state index contributed by atoms with van der Waals surface area (Å²) in [5.41, 5.74) is 2.80. The average molecular weight is 279 g/mol. The molecule has 5 heteroatoms. The maximum absolute atomic E-state index is 5.54. The van der Waals surface area contributed by atoms with Crippen LogP contribution in [-0.4, -0.2) is 13.2 Å². The number of hydrazine groups is 1. The zero-order valence-electron chi connectivity index (χ0n) is 8.29. The summed E-state index contributed by atoms with van der Waals surface area (Å²) in [5.74, 6) is 5.54. The van der Waals surface area contributed by atoms with Crippen LogP contribution in [0.3, 0.4) is 0 Å². The number of nitrogens with one attached hydrogen (secondary N) is 1. The zero-order valence-corrected chi connectivity index (χ0v) is 10.7. The summed E-state index contributed by atoms with van der Waals surface area (Å²) in [4.78, 5) is 1.18. The van der Waals surface area contributed by atoms with Gasteiger partial charge in [0.1, 0.15) is 0 Å². The monoisotopic (exact) mass is 278 g/mol. The van der Waals surface area contributed by atoms with Crippen molar-refractivity contribution in [2.45, 2.75) is 25.5 Å². The van der Waals surface area contributed by atoms with Gasteiger partial charge < -0.3 is 4.74 Å². The van der Waals surface area contributed by atoms with E-state index in [-0.39, 0.29) is 12.1 Å². The first kappa shape index (κ1) is 12.1. The molecule has 0 bridgehead atoms. The predicted molar refractivity (Wildman–Crippen MR) is 63.2 cm³/mol. The van der Waals surface area contributed by atoms with Crippen molar-refractivity contribution in [2.24, 2.45) is 5.84 Å². The summed E-state index contributed by atoms with van der Waals surface area (Å²) in [5, 5.41) is 2.03. The van der Waals surface area contributed by atoms with E-state index in [0.29, 0.717) is 0 Å². The molecule has 1 aromatic rings. The molecular weight excluding hydrogens is 264 g/mol. The van der Waals surface area contributed by atoms with Crippen molar-refractivity contribution in [2.75, 3.05) is 7.11 Å². The molecule has 2 unspecified atom stereocenters. The molecule has 3 nitrogen and oxygen atoms in total. The molecule has 0 aromatic carbocycles. The normalized spacial score (nSPS) is 15.4. The summed E-state index contributed by atoms with van der Waals surface area (Å²) < 4.78 is 6.46. The quantitative estimate of drug-likeness (QED) is 0.643. The first-order valence-corrected chi connectivity index (χ1v) is 6.13. The van der Waals surface area contributed by atoms with E-state index in [9.17, 15) is 0 Å². The number of hydrogen-bond donors (Lipinski definition) is 2. The third-order valence-electron chi connectivity index (χ3n) is 2.18. The van der Waals surface area contributed by atoms with Crippen LogP contribution < -0.4 is 11.3 Å². The van der Waals surface area contributed by atoms with Crippen LogP contribution in [0.25, 0.3) is 0 Å². The minimum absolute atomic E-state index is 0.0550. The molecule has 0 saturated heterocycles. The number of nitrogens with two attached hydrogens (primary N) is 1. The second kappa shape index (κ2) is 5.82. The Morgan fingerprint density at radius 3 is 2.79 bits per heavy atom. The summed E-state index contributed by atoms with van der Waals surface area (Å²) in [7, 11) is 1.71. The number of ether oxygens (including phenoxy) is 1. The van der Waals surface area contributed by atoms with Crippen LogP contribution in [0.4, 0.5) is 0 Å². The van der Waals surface area contributed by atoms with E-state index in [2.05, 4.69) is 28.3 Å². The van der Waals surface area contributed by atoms with Crippen LogP contribution in [0, 0.1) is 0 Å². The predicted octanol–water partition coefficient (Wildman–Crippen LogP) is 2.44. The van der Waals surface area contributed by atoms with Crippen LogP contribution >= 0.6 is 27.3 Å². The number of rotatable bonds is 5. The molecule has 0 fully saturated rings. The van der Waals surface area contributed by atoms with Crippen LogP contribution in [0.2, 0.25) is 0 Å². The van der Waals surface area contributed by atoms with Crippen molar-refractivity contribution in [1.29, 1.82) is 0 Å². The van der Waals surface area contributed by atoms with Gasteiger partial charge in [-0.25, -0.2) is 5.43 Å². The number of thiophene rings is 1. The fourth-order valence-electron chi connectivity index (χ4n) is 1.42. The molecular formula is C9H15BrN2OS. The average Bonchev–Trinajstić information content (AvgIpc) is 2.61. The number of methoxy groups -OCH3 is 1. The standard InChI is InChI=1S/C9H15BrN2OS/c1-3-7(13-2)8(12-11)9-6(10)4-5-14-9/h4-5,7-8,12H,3,11H2,1-2H3. The van der Waals surface area contributed by atoms with E-state index in [1.165, 1.54) is 4.88 Å². The lowest BCUT2D eigenvalue weighted by atomic mass is 10.1. The van der Waals surface area contributed by atoms with E-state index < -0.39 is 0 Å². The molecule has 0 amide bonds. The summed E-state index contributed by atoms with van der Waals surface area (Å²) >= 11 is 5.17. The van der Waals surface area contributed by atoms with Crippen molar-refractivity contribution >= 4 is 27.3 Å². The van der Waals surface area contributed by atoms with Gasteiger partial charge in [-0.05, 0) is 33.8 Å². The van der Waals surface area contributed by atoms with Crippen molar-refractivity contribution in [3.63, 3.8) is 0 Å². The lowest BCUT2D eigenvalue weighted by Gasteiger charge is -2.23. The van der Waals surface area contributed by atoms with Gasteiger partial charge >= 0.3 is 0 Å². The van der Waals surface area contributed by atoms with E-state index in [1.54, 1.807) is 18.4 Å². The molecule has 14 heavy (non-hydrogen) atoms. The smallest absolute Gasteiger partial charge is 0.0825 e. The maximum Gasteiger partial charge on any atom is 0.0825 e. The summed E-state index contributed by atoms with van der Waals surface area (Å²) in [6.07, 6.45) is 1.03. The Labute approximate surface area is 96.7 Å². The highest BCUT2D eigenvalue weighted by molar-refractivity contribution is 9.10. The van der Waals surface area contributed by atoms with Crippen LogP contribution in [0.1, 0.15) is 24.3 Å². The fourth-order valence-corrected chi connectivity index (χ4v) is 3.15. The second-order valence-electron chi connectivity index (χ2n) is 2.96. The van der Waals surface area contributed by atoms with Crippen LogP contribution in [0.15, 0.2) is 15.9 Å². The highest BCUT2D eigenvalue weighted by Gasteiger charge is 2.23. The maximum atomic E-state index is 5.54. The van der Waals surface area contributed by atoms with Crippen LogP contribution in [-0.2, 0) is 4.74 Å². The Kier molecular flexibility index (Phi) is 5.05. The molecule has 0 radical (unpaired) electrons. The first-order valence-electron chi connectivity index (χ1n) is 4.46. The van der Waals surface area contributed by atoms with Crippen LogP contribution in [0.5, 0.6) is 0 Å². The SMILES string of the molecule is CCC(OC)C(NN)c1sccc1Br. The molecule has 3 N–H and O–H groups in total. The summed E-state index contributed by atoms with van der Waals surface area (Å²) in [6.45, 7) is 2.08. The van der Waals surface area contributed by atoms with E-state index in [1.807, 2.05) is 11.4 Å². The molecule has 0 saturated carbocycles. The number of halogens is 1. The molecule has 1 rings (SSSR count). The van der Waals surface area contributed by atoms with Gasteiger partial charge in [-0.2, -0.15) is 0 Å². The van der Waals surface area contributed by atoms with Crippen molar-refractivity contribution in [3.05, 3.63) is 20.8 Å². The molecule has 0 aliphatic carbocycles. The van der Waals surface area contributed by atoms with Crippen molar-refractivity contribution in [3.8, 4) is 0 Å². The van der Waals surface area contributed by atoms with Gasteiger partial charge in [-0.15, -0.1) is 11.3 Å². The van der Waals surface area contributed by atoms with E-state index >= 15 is 0 Å². The zero-order chi connectivity index (χ0) is 10.6. The Bertz CT molecular complexity index is 276. The third-order valence-corrected chi connectivity index (χ3v) is 4.14. The minimum atomic E-state index is 0.0550.